The number of nitrogens with one attached hydrogen (secondary N) is 1. The van der Waals surface area contributed by atoms with Gasteiger partial charge < -0.3 is 9.78 Å². The summed E-state index contributed by atoms with van der Waals surface area (Å²) in [5, 5.41) is 1.51. The summed E-state index contributed by atoms with van der Waals surface area (Å²) in [6.45, 7) is 10.9. The lowest BCUT2D eigenvalue weighted by Gasteiger charge is -2.34. The first-order valence-corrected chi connectivity index (χ1v) is 14.1. The summed E-state index contributed by atoms with van der Waals surface area (Å²) >= 11 is 0. The number of rotatable bonds is 9. The molecule has 1 N–H and O–H groups in total. The number of allylic oxidation sites excluding steroid dienone is 4. The molecule has 2 nitrogen and oxygen atoms in total. The van der Waals surface area contributed by atoms with Gasteiger partial charge in [-0.05, 0) is 55.4 Å². The minimum atomic E-state index is -2.07. The molecule has 1 aliphatic rings. The predicted octanol–water partition coefficient (Wildman–Crippen LogP) is 6.80. The first kappa shape index (κ1) is 22.5. The molecule has 0 heterocycles. The Morgan fingerprint density at radius 3 is 1.97 bits per heavy atom. The summed E-state index contributed by atoms with van der Waals surface area (Å²) in [5.74, 6) is 0. The third kappa shape index (κ3) is 4.90. The highest BCUT2D eigenvalue weighted by Crippen LogP contribution is 2.48. The van der Waals surface area contributed by atoms with E-state index in [4.69, 9.17) is 0 Å². The monoisotopic (exact) mass is 417 g/mol. The van der Waals surface area contributed by atoms with Crippen LogP contribution in [0.5, 0.6) is 0 Å². The third-order valence-corrected chi connectivity index (χ3v) is 9.14. The molecule has 0 bridgehead atoms. The standard InChI is InChI=1S/C27H35NOSi/c1-6-7-14-23-19-24(30(4,5)28-27(2,3)20-29)26(22-17-12-9-13-18-22)25(23)21-15-10-8-11-16-21/h8-13,15-18,20,28H,6-7,14,19H2,1-5H3. The Hall–Kier alpha value is -2.23. The van der Waals surface area contributed by atoms with Crippen LogP contribution in [0, 0.1) is 0 Å². The highest BCUT2D eigenvalue weighted by Gasteiger charge is 2.39. The van der Waals surface area contributed by atoms with Crippen LogP contribution in [0.3, 0.4) is 0 Å². The van der Waals surface area contributed by atoms with Crippen LogP contribution in [0.1, 0.15) is 57.6 Å². The third-order valence-electron chi connectivity index (χ3n) is 5.94. The van der Waals surface area contributed by atoms with Crippen LogP contribution in [0.15, 0.2) is 71.4 Å². The fraction of sp³-hybridized carbons (Fsp3) is 0.370. The van der Waals surface area contributed by atoms with Crippen molar-refractivity contribution in [3.63, 3.8) is 0 Å². The maximum Gasteiger partial charge on any atom is 0.149 e. The molecule has 0 saturated heterocycles. The molecule has 0 atom stereocenters. The minimum absolute atomic E-state index is 0.524. The molecule has 0 aliphatic heterocycles. The zero-order valence-electron chi connectivity index (χ0n) is 19.1. The summed E-state index contributed by atoms with van der Waals surface area (Å²) in [4.78, 5) is 15.5. The molecule has 0 fully saturated rings. The molecule has 0 unspecified atom stereocenters. The first-order valence-electron chi connectivity index (χ1n) is 11.1. The van der Waals surface area contributed by atoms with Crippen molar-refractivity contribution in [3.05, 3.63) is 82.6 Å². The Morgan fingerprint density at radius 2 is 1.47 bits per heavy atom. The van der Waals surface area contributed by atoms with Crippen molar-refractivity contribution < 1.29 is 4.79 Å². The van der Waals surface area contributed by atoms with Crippen molar-refractivity contribution in [1.29, 1.82) is 0 Å². The summed E-state index contributed by atoms with van der Waals surface area (Å²) in [5.41, 5.74) is 6.41. The van der Waals surface area contributed by atoms with Gasteiger partial charge in [0.15, 0.2) is 0 Å². The van der Waals surface area contributed by atoms with E-state index in [0.29, 0.717) is 0 Å². The van der Waals surface area contributed by atoms with E-state index in [-0.39, 0.29) is 0 Å². The number of aldehydes is 1. The number of carbonyl (C=O) groups is 1. The van der Waals surface area contributed by atoms with E-state index < -0.39 is 13.8 Å². The molecule has 0 spiro atoms. The van der Waals surface area contributed by atoms with Crippen LogP contribution < -0.4 is 4.98 Å². The van der Waals surface area contributed by atoms with E-state index in [9.17, 15) is 4.79 Å². The smallest absolute Gasteiger partial charge is 0.149 e. The van der Waals surface area contributed by atoms with Crippen LogP contribution in [0.25, 0.3) is 11.1 Å². The fourth-order valence-electron chi connectivity index (χ4n) is 4.64. The van der Waals surface area contributed by atoms with Gasteiger partial charge in [0, 0.05) is 0 Å². The van der Waals surface area contributed by atoms with Gasteiger partial charge in [-0.25, -0.2) is 0 Å². The average molecular weight is 418 g/mol. The molecule has 0 amide bonds. The number of hydrogen-bond donors (Lipinski definition) is 1. The van der Waals surface area contributed by atoms with Gasteiger partial charge in [0.25, 0.3) is 0 Å². The highest BCUT2D eigenvalue weighted by molar-refractivity contribution is 6.84. The SMILES string of the molecule is CCCCC1=C(c2ccccc2)C(c2ccccc2)=C([Si](C)(C)NC(C)(C)C=O)C1. The van der Waals surface area contributed by atoms with Crippen molar-refractivity contribution in [1.82, 2.24) is 4.98 Å². The fourth-order valence-corrected chi connectivity index (χ4v) is 8.01. The quantitative estimate of drug-likeness (QED) is 0.359. The molecule has 0 aromatic heterocycles. The van der Waals surface area contributed by atoms with Crippen LogP contribution >= 0.6 is 0 Å². The van der Waals surface area contributed by atoms with E-state index in [0.717, 1.165) is 19.1 Å². The second-order valence-corrected chi connectivity index (χ2v) is 13.5. The van der Waals surface area contributed by atoms with Gasteiger partial charge in [-0.3, -0.25) is 0 Å². The van der Waals surface area contributed by atoms with Crippen molar-refractivity contribution in [2.45, 2.75) is 65.1 Å². The molecular weight excluding hydrogens is 382 g/mol. The Labute approximate surface area is 183 Å². The molecule has 2 aromatic rings. The summed E-state index contributed by atoms with van der Waals surface area (Å²) in [6, 6.07) is 21.6. The lowest BCUT2D eigenvalue weighted by molar-refractivity contribution is -0.111. The Balaban J connectivity index is 2.21. The second-order valence-electron chi connectivity index (χ2n) is 9.43. The van der Waals surface area contributed by atoms with Gasteiger partial charge in [-0.2, -0.15) is 0 Å². The van der Waals surface area contributed by atoms with Gasteiger partial charge in [-0.15, -0.1) is 0 Å². The summed E-state index contributed by atoms with van der Waals surface area (Å²) in [6.07, 6.45) is 5.58. The minimum Gasteiger partial charge on any atom is -0.323 e. The Morgan fingerprint density at radius 1 is 0.933 bits per heavy atom. The van der Waals surface area contributed by atoms with E-state index in [1.807, 2.05) is 13.8 Å². The van der Waals surface area contributed by atoms with Crippen molar-refractivity contribution in [3.8, 4) is 0 Å². The molecule has 30 heavy (non-hydrogen) atoms. The van der Waals surface area contributed by atoms with Crippen molar-refractivity contribution >= 4 is 25.7 Å². The van der Waals surface area contributed by atoms with E-state index in [1.54, 1.807) is 5.57 Å². The van der Waals surface area contributed by atoms with Gasteiger partial charge in [0.1, 0.15) is 14.5 Å². The topological polar surface area (TPSA) is 29.1 Å². The second kappa shape index (κ2) is 9.28. The molecule has 0 radical (unpaired) electrons. The van der Waals surface area contributed by atoms with E-state index in [1.165, 1.54) is 40.3 Å². The van der Waals surface area contributed by atoms with Crippen molar-refractivity contribution in [2.75, 3.05) is 0 Å². The lowest BCUT2D eigenvalue weighted by atomic mass is 9.91. The summed E-state index contributed by atoms with van der Waals surface area (Å²) < 4.78 is 0. The van der Waals surface area contributed by atoms with Crippen LogP contribution in [0.2, 0.25) is 13.1 Å². The molecule has 158 valence electrons. The zero-order valence-corrected chi connectivity index (χ0v) is 20.1. The van der Waals surface area contributed by atoms with Gasteiger partial charge in [0.2, 0.25) is 0 Å². The highest BCUT2D eigenvalue weighted by atomic mass is 28.3. The largest absolute Gasteiger partial charge is 0.323 e. The number of hydrogen-bond acceptors (Lipinski definition) is 2. The predicted molar refractivity (Wildman–Crippen MR) is 132 cm³/mol. The summed E-state index contributed by atoms with van der Waals surface area (Å²) in [7, 11) is -2.07. The maximum atomic E-state index is 11.7. The zero-order chi connectivity index (χ0) is 21.8. The number of benzene rings is 2. The van der Waals surface area contributed by atoms with Gasteiger partial charge in [0.05, 0.1) is 5.54 Å². The molecule has 3 heteroatoms. The van der Waals surface area contributed by atoms with Crippen molar-refractivity contribution in [2.24, 2.45) is 0 Å². The molecule has 0 saturated carbocycles. The average Bonchev–Trinajstić information content (AvgIpc) is 3.13. The van der Waals surface area contributed by atoms with E-state index >= 15 is 0 Å². The van der Waals surface area contributed by atoms with Crippen LogP contribution in [-0.4, -0.2) is 20.1 Å². The van der Waals surface area contributed by atoms with Gasteiger partial charge in [-0.1, -0.05) is 97.9 Å². The number of unbranched alkanes of at least 4 members (excludes halogenated alkanes) is 1. The normalized spacial score (nSPS) is 15.1. The lowest BCUT2D eigenvalue weighted by Crippen LogP contribution is -2.58. The Kier molecular flexibility index (Phi) is 6.94. The molecule has 2 aromatic carbocycles. The molecule has 1 aliphatic carbocycles. The number of carbonyl (C=O) groups excluding carboxylic acids is 1. The van der Waals surface area contributed by atoms with Gasteiger partial charge >= 0.3 is 0 Å². The first-order chi connectivity index (χ1) is 14.3. The van der Waals surface area contributed by atoms with Crippen LogP contribution in [-0.2, 0) is 4.79 Å². The molecule has 3 rings (SSSR count). The Bertz CT molecular complexity index is 939. The molecular formula is C27H35NOSi. The maximum absolute atomic E-state index is 11.7. The van der Waals surface area contributed by atoms with Crippen LogP contribution in [0.4, 0.5) is 0 Å². The van der Waals surface area contributed by atoms with E-state index in [2.05, 4.69) is 85.7 Å².